The van der Waals surface area contributed by atoms with Crippen molar-refractivity contribution in [2.24, 2.45) is 12.0 Å². The van der Waals surface area contributed by atoms with Gasteiger partial charge in [-0.05, 0) is 24.6 Å². The molecule has 0 spiro atoms. The second-order valence-electron chi connectivity index (χ2n) is 7.86. The van der Waals surface area contributed by atoms with E-state index in [1.165, 1.54) is 0 Å². The lowest BCUT2D eigenvalue weighted by Gasteiger charge is -2.34. The monoisotopic (exact) mass is 553 g/mol. The van der Waals surface area contributed by atoms with Crippen molar-refractivity contribution in [3.8, 4) is 0 Å². The highest BCUT2D eigenvalue weighted by Gasteiger charge is 2.25. The van der Waals surface area contributed by atoms with Crippen LogP contribution in [0.15, 0.2) is 41.7 Å². The molecule has 1 unspecified atom stereocenters. The number of ether oxygens (including phenoxy) is 1. The Morgan fingerprint density at radius 1 is 1.31 bits per heavy atom. The predicted octanol–water partition coefficient (Wildman–Crippen LogP) is 1.51. The van der Waals surface area contributed by atoms with E-state index in [4.69, 9.17) is 9.73 Å². The van der Waals surface area contributed by atoms with E-state index in [9.17, 15) is 4.79 Å². The van der Waals surface area contributed by atoms with Crippen molar-refractivity contribution in [2.45, 2.75) is 19.6 Å². The molecule has 1 aromatic carbocycles. The van der Waals surface area contributed by atoms with Gasteiger partial charge in [-0.15, -0.1) is 24.0 Å². The van der Waals surface area contributed by atoms with Crippen LogP contribution in [0, 0.1) is 0 Å². The van der Waals surface area contributed by atoms with Crippen molar-refractivity contribution in [1.82, 2.24) is 25.3 Å². The van der Waals surface area contributed by atoms with Crippen LogP contribution in [0.1, 0.15) is 24.2 Å². The van der Waals surface area contributed by atoms with Crippen LogP contribution in [0.3, 0.4) is 0 Å². The zero-order valence-corrected chi connectivity index (χ0v) is 21.0. The molecular weight excluding hydrogens is 521 g/mol. The van der Waals surface area contributed by atoms with Crippen LogP contribution in [0.2, 0.25) is 0 Å². The number of aryl methyl sites for hydroxylation is 1. The van der Waals surface area contributed by atoms with E-state index in [0.717, 1.165) is 49.0 Å². The number of hydrogen-bond donors (Lipinski definition) is 2. The fourth-order valence-corrected chi connectivity index (χ4v) is 3.91. The lowest BCUT2D eigenvalue weighted by molar-refractivity contribution is -0.120. The Morgan fingerprint density at radius 2 is 2.12 bits per heavy atom. The summed E-state index contributed by atoms with van der Waals surface area (Å²) in [6.45, 7) is 7.63. The lowest BCUT2D eigenvalue weighted by Crippen LogP contribution is -2.48. The Kier molecular flexibility index (Phi) is 8.74. The van der Waals surface area contributed by atoms with Gasteiger partial charge in [-0.1, -0.05) is 12.1 Å². The van der Waals surface area contributed by atoms with E-state index in [2.05, 4.69) is 56.7 Å². The summed E-state index contributed by atoms with van der Waals surface area (Å²) in [5.74, 6) is 0.974. The van der Waals surface area contributed by atoms with Crippen LogP contribution in [-0.4, -0.2) is 72.4 Å². The Balaban J connectivity index is 0.00000289. The summed E-state index contributed by atoms with van der Waals surface area (Å²) in [5.41, 5.74) is 3.30. The highest BCUT2D eigenvalue weighted by Crippen LogP contribution is 2.22. The molecule has 1 atom stereocenters. The van der Waals surface area contributed by atoms with Gasteiger partial charge in [-0.2, -0.15) is 5.10 Å². The fraction of sp³-hybridized carbons (Fsp3) is 0.500. The molecule has 2 aliphatic rings. The number of guanidine groups is 1. The first-order valence-electron chi connectivity index (χ1n) is 10.9. The normalized spacial score (nSPS) is 19.4. The number of rotatable bonds is 5. The predicted molar refractivity (Wildman–Crippen MR) is 135 cm³/mol. The Bertz CT molecular complexity index is 915. The number of nitrogens with one attached hydrogen (secondary N) is 2. The van der Waals surface area contributed by atoms with Crippen LogP contribution < -0.4 is 15.5 Å². The van der Waals surface area contributed by atoms with Gasteiger partial charge >= 0.3 is 0 Å². The van der Waals surface area contributed by atoms with Crippen LogP contribution >= 0.6 is 24.0 Å². The number of benzene rings is 1. The average molecular weight is 553 g/mol. The summed E-state index contributed by atoms with van der Waals surface area (Å²) in [7, 11) is 1.92. The van der Waals surface area contributed by atoms with Crippen LogP contribution in [0.4, 0.5) is 5.69 Å². The first-order valence-corrected chi connectivity index (χ1v) is 10.9. The van der Waals surface area contributed by atoms with Crippen molar-refractivity contribution in [3.05, 3.63) is 47.8 Å². The molecule has 32 heavy (non-hydrogen) atoms. The van der Waals surface area contributed by atoms with Crippen LogP contribution in [0.25, 0.3) is 0 Å². The smallest absolute Gasteiger partial charge is 0.239 e. The second-order valence-corrected chi connectivity index (χ2v) is 7.86. The molecule has 4 rings (SSSR count). The molecule has 2 fully saturated rings. The minimum Gasteiger partial charge on any atom is -0.370 e. The van der Waals surface area contributed by atoms with Crippen molar-refractivity contribution in [1.29, 1.82) is 0 Å². The van der Waals surface area contributed by atoms with Crippen molar-refractivity contribution >= 4 is 41.5 Å². The Labute approximate surface area is 206 Å². The quantitative estimate of drug-likeness (QED) is 0.332. The molecule has 2 saturated heterocycles. The maximum atomic E-state index is 11.6. The van der Waals surface area contributed by atoms with Gasteiger partial charge in [0.15, 0.2) is 5.96 Å². The Hall–Kier alpha value is -2.34. The average Bonchev–Trinajstić information content (AvgIpc) is 3.23. The number of anilines is 1. The molecule has 1 aromatic heterocycles. The van der Waals surface area contributed by atoms with Crippen LogP contribution in [-0.2, 0) is 23.1 Å². The van der Waals surface area contributed by atoms with E-state index in [0.29, 0.717) is 26.2 Å². The maximum absolute atomic E-state index is 11.6. The molecule has 0 saturated carbocycles. The van der Waals surface area contributed by atoms with Gasteiger partial charge in [0.05, 0.1) is 32.4 Å². The van der Waals surface area contributed by atoms with Crippen molar-refractivity contribution in [3.63, 3.8) is 0 Å². The number of carbonyl (C=O) groups excluding carboxylic acids is 1. The standard InChI is InChI=1S/C22H31N7O2.HI/c1-3-23-22(29-10-11-31-20(15-29)18-13-26-27(2)14-18)25-12-17-4-6-19(7-5-17)28-9-8-24-21(30)16-28;/h4-7,13-14,20H,3,8-12,15-16H2,1-2H3,(H,23,25)(H,24,30);1H. The molecule has 9 nitrogen and oxygen atoms in total. The molecule has 174 valence electrons. The molecule has 0 bridgehead atoms. The molecular formula is C22H32IN7O2. The summed E-state index contributed by atoms with van der Waals surface area (Å²) in [4.78, 5) is 20.8. The van der Waals surface area contributed by atoms with Gasteiger partial charge in [0, 0.05) is 50.7 Å². The minimum absolute atomic E-state index is 0. The molecule has 10 heteroatoms. The molecule has 2 aliphatic heterocycles. The molecule has 2 aromatic rings. The number of nitrogens with zero attached hydrogens (tertiary/aromatic N) is 5. The van der Waals surface area contributed by atoms with E-state index in [1.807, 2.05) is 19.4 Å². The summed E-state index contributed by atoms with van der Waals surface area (Å²) in [6.07, 6.45) is 3.87. The third-order valence-corrected chi connectivity index (χ3v) is 5.55. The topological polar surface area (TPSA) is 87.0 Å². The van der Waals surface area contributed by atoms with Crippen molar-refractivity contribution in [2.75, 3.05) is 50.8 Å². The van der Waals surface area contributed by atoms with E-state index < -0.39 is 0 Å². The zero-order valence-electron chi connectivity index (χ0n) is 18.7. The van der Waals surface area contributed by atoms with E-state index in [1.54, 1.807) is 4.68 Å². The third-order valence-electron chi connectivity index (χ3n) is 5.55. The van der Waals surface area contributed by atoms with E-state index >= 15 is 0 Å². The van der Waals surface area contributed by atoms with Crippen molar-refractivity contribution < 1.29 is 9.53 Å². The van der Waals surface area contributed by atoms with Crippen LogP contribution in [0.5, 0.6) is 0 Å². The molecule has 3 heterocycles. The number of aromatic nitrogens is 2. The Morgan fingerprint density at radius 3 is 2.81 bits per heavy atom. The third kappa shape index (κ3) is 6.12. The second kappa shape index (κ2) is 11.5. The highest BCUT2D eigenvalue weighted by molar-refractivity contribution is 14.0. The van der Waals surface area contributed by atoms with Gasteiger partial charge in [0.1, 0.15) is 6.10 Å². The number of amides is 1. The zero-order chi connectivity index (χ0) is 21.6. The summed E-state index contributed by atoms with van der Waals surface area (Å²) < 4.78 is 7.77. The van der Waals surface area contributed by atoms with Gasteiger partial charge < -0.3 is 25.2 Å². The number of halogens is 1. The van der Waals surface area contributed by atoms with Gasteiger partial charge in [-0.3, -0.25) is 9.48 Å². The largest absolute Gasteiger partial charge is 0.370 e. The maximum Gasteiger partial charge on any atom is 0.239 e. The number of piperazine rings is 1. The SMILES string of the molecule is CCNC(=NCc1ccc(N2CCNC(=O)C2)cc1)N1CCOC(c2cnn(C)c2)C1.I. The number of aliphatic imine (C=N–C) groups is 1. The number of morpholine rings is 1. The first-order chi connectivity index (χ1) is 15.1. The summed E-state index contributed by atoms with van der Waals surface area (Å²) in [6, 6.07) is 8.33. The summed E-state index contributed by atoms with van der Waals surface area (Å²) >= 11 is 0. The molecule has 1 amide bonds. The number of carbonyl (C=O) groups is 1. The highest BCUT2D eigenvalue weighted by atomic mass is 127. The first kappa shape index (κ1) is 24.3. The van der Waals surface area contributed by atoms with Gasteiger partial charge in [0.2, 0.25) is 5.91 Å². The minimum atomic E-state index is -0.00710. The number of hydrogen-bond acceptors (Lipinski definition) is 5. The molecule has 0 radical (unpaired) electrons. The lowest BCUT2D eigenvalue weighted by atomic mass is 10.1. The fourth-order valence-electron chi connectivity index (χ4n) is 3.91. The van der Waals surface area contributed by atoms with Gasteiger partial charge in [-0.25, -0.2) is 4.99 Å². The van der Waals surface area contributed by atoms with E-state index in [-0.39, 0.29) is 36.0 Å². The van der Waals surface area contributed by atoms with Gasteiger partial charge in [0.25, 0.3) is 0 Å². The molecule has 0 aliphatic carbocycles. The molecule has 2 N–H and O–H groups in total. The summed E-state index contributed by atoms with van der Waals surface area (Å²) in [5, 5.41) is 10.5.